The number of nitrogens with zero attached hydrogens (tertiary/aromatic N) is 2. The van der Waals surface area contributed by atoms with E-state index in [1.54, 1.807) is 38.4 Å². The fourth-order valence-electron chi connectivity index (χ4n) is 2.00. The lowest BCUT2D eigenvalue weighted by Crippen LogP contribution is -2.27. The summed E-state index contributed by atoms with van der Waals surface area (Å²) in [5.74, 6) is -0.191. The lowest BCUT2D eigenvalue weighted by Gasteiger charge is -2.20. The summed E-state index contributed by atoms with van der Waals surface area (Å²) in [4.78, 5) is 13.6. The van der Waals surface area contributed by atoms with Crippen LogP contribution in [0.2, 0.25) is 5.02 Å². The highest BCUT2D eigenvalue weighted by atomic mass is 35.5. The highest BCUT2D eigenvalue weighted by molar-refractivity contribution is 7.92. The Kier molecular flexibility index (Phi) is 4.97. The van der Waals surface area contributed by atoms with Crippen molar-refractivity contribution in [3.63, 3.8) is 0 Å². The van der Waals surface area contributed by atoms with Crippen LogP contribution < -0.4 is 4.31 Å². The molecule has 0 saturated carbocycles. The predicted octanol–water partition coefficient (Wildman–Crippen LogP) is 2.87. The van der Waals surface area contributed by atoms with Crippen LogP contribution in [0.3, 0.4) is 0 Å². The molecule has 0 aliphatic rings. The summed E-state index contributed by atoms with van der Waals surface area (Å²) in [5.41, 5.74) is 0.832. The van der Waals surface area contributed by atoms with Gasteiger partial charge in [-0.05, 0) is 42.5 Å². The lowest BCUT2D eigenvalue weighted by atomic mass is 10.2. The minimum absolute atomic E-state index is 0.133. The first-order valence-corrected chi connectivity index (χ1v) is 8.61. The molecule has 0 saturated heterocycles. The molecule has 0 radical (unpaired) electrons. The van der Waals surface area contributed by atoms with Gasteiger partial charge in [0.05, 0.1) is 10.6 Å². The molecule has 0 aliphatic carbocycles. The number of sulfonamides is 1. The number of amides is 1. The van der Waals surface area contributed by atoms with Gasteiger partial charge in [0.15, 0.2) is 0 Å². The van der Waals surface area contributed by atoms with E-state index in [1.165, 1.54) is 36.2 Å². The highest BCUT2D eigenvalue weighted by Crippen LogP contribution is 2.24. The van der Waals surface area contributed by atoms with Crippen molar-refractivity contribution in [1.82, 2.24) is 4.90 Å². The molecule has 0 unspecified atom stereocenters. The molecule has 23 heavy (non-hydrogen) atoms. The molecule has 2 aromatic rings. The average molecular weight is 353 g/mol. The Labute approximate surface area is 141 Å². The first kappa shape index (κ1) is 17.3. The fourth-order valence-corrected chi connectivity index (χ4v) is 3.31. The monoisotopic (exact) mass is 352 g/mol. The topological polar surface area (TPSA) is 57.7 Å². The number of hydrogen-bond acceptors (Lipinski definition) is 3. The molecule has 0 fully saturated rings. The summed E-state index contributed by atoms with van der Waals surface area (Å²) in [6.45, 7) is 0. The summed E-state index contributed by atoms with van der Waals surface area (Å²) in [7, 11) is 1.01. The summed E-state index contributed by atoms with van der Waals surface area (Å²) in [6, 6.07) is 12.4. The number of benzene rings is 2. The van der Waals surface area contributed by atoms with Gasteiger partial charge >= 0.3 is 0 Å². The van der Waals surface area contributed by atoms with Crippen molar-refractivity contribution in [3.05, 3.63) is 59.1 Å². The zero-order valence-corrected chi connectivity index (χ0v) is 14.6. The molecule has 122 valence electrons. The Morgan fingerprint density at radius 1 is 1.00 bits per heavy atom. The maximum atomic E-state index is 12.6. The van der Waals surface area contributed by atoms with Crippen LogP contribution >= 0.6 is 11.6 Å². The van der Waals surface area contributed by atoms with Crippen LogP contribution in [0, 0.1) is 0 Å². The first-order chi connectivity index (χ1) is 10.7. The van der Waals surface area contributed by atoms with Crippen LogP contribution in [0.5, 0.6) is 0 Å². The van der Waals surface area contributed by atoms with Crippen molar-refractivity contribution in [1.29, 1.82) is 0 Å². The van der Waals surface area contributed by atoms with Crippen LogP contribution in [0.15, 0.2) is 53.4 Å². The molecule has 0 aliphatic heterocycles. The number of rotatable bonds is 4. The van der Waals surface area contributed by atoms with Gasteiger partial charge in [0.1, 0.15) is 0 Å². The second kappa shape index (κ2) is 6.60. The molecule has 2 aromatic carbocycles. The van der Waals surface area contributed by atoms with Gasteiger partial charge in [0.2, 0.25) is 0 Å². The summed E-state index contributed by atoms with van der Waals surface area (Å²) in [5, 5.41) is 0.463. The molecule has 0 spiro atoms. The van der Waals surface area contributed by atoms with E-state index in [0.717, 1.165) is 4.31 Å². The van der Waals surface area contributed by atoms with Crippen molar-refractivity contribution in [2.75, 3.05) is 25.4 Å². The third-order valence-corrected chi connectivity index (χ3v) is 5.39. The van der Waals surface area contributed by atoms with Gasteiger partial charge < -0.3 is 4.90 Å². The van der Waals surface area contributed by atoms with Crippen molar-refractivity contribution < 1.29 is 13.2 Å². The Hall–Kier alpha value is -2.05. The van der Waals surface area contributed by atoms with Crippen LogP contribution in [-0.4, -0.2) is 40.4 Å². The van der Waals surface area contributed by atoms with E-state index in [2.05, 4.69) is 0 Å². The molecular formula is C16H17ClN2O3S. The molecule has 7 heteroatoms. The molecular weight excluding hydrogens is 336 g/mol. The Morgan fingerprint density at radius 3 is 2.17 bits per heavy atom. The van der Waals surface area contributed by atoms with Crippen molar-refractivity contribution in [3.8, 4) is 0 Å². The summed E-state index contributed by atoms with van der Waals surface area (Å²) in [6.07, 6.45) is 0. The third-order valence-electron chi connectivity index (χ3n) is 3.33. The Balaban J connectivity index is 2.40. The lowest BCUT2D eigenvalue weighted by molar-refractivity contribution is 0.0827. The second-order valence-electron chi connectivity index (χ2n) is 5.18. The fraction of sp³-hybridized carbons (Fsp3) is 0.188. The first-order valence-electron chi connectivity index (χ1n) is 6.79. The van der Waals surface area contributed by atoms with E-state index < -0.39 is 10.0 Å². The second-order valence-corrected chi connectivity index (χ2v) is 7.58. The number of carbonyl (C=O) groups excluding carboxylic acids is 1. The van der Waals surface area contributed by atoms with Crippen LogP contribution in [0.1, 0.15) is 10.4 Å². The summed E-state index contributed by atoms with van der Waals surface area (Å²) >= 11 is 5.79. The van der Waals surface area contributed by atoms with Gasteiger partial charge in [-0.3, -0.25) is 9.10 Å². The molecule has 0 N–H and O–H groups in total. The van der Waals surface area contributed by atoms with Gasteiger partial charge in [-0.15, -0.1) is 0 Å². The van der Waals surface area contributed by atoms with Crippen LogP contribution in [0.25, 0.3) is 0 Å². The predicted molar refractivity (Wildman–Crippen MR) is 91.5 cm³/mol. The third kappa shape index (κ3) is 3.65. The van der Waals surface area contributed by atoms with Gasteiger partial charge in [0.25, 0.3) is 15.9 Å². The smallest absolute Gasteiger partial charge is 0.264 e. The van der Waals surface area contributed by atoms with Crippen molar-refractivity contribution in [2.24, 2.45) is 0 Å². The maximum Gasteiger partial charge on any atom is 0.264 e. The molecule has 1 amide bonds. The van der Waals surface area contributed by atoms with Gasteiger partial charge in [-0.1, -0.05) is 17.7 Å². The number of carbonyl (C=O) groups is 1. The zero-order chi connectivity index (χ0) is 17.2. The van der Waals surface area contributed by atoms with Gasteiger partial charge in [-0.2, -0.15) is 0 Å². The number of anilines is 1. The number of hydrogen-bond donors (Lipinski definition) is 0. The number of halogens is 1. The molecule has 0 aromatic heterocycles. The summed E-state index contributed by atoms with van der Waals surface area (Å²) < 4.78 is 26.4. The maximum absolute atomic E-state index is 12.6. The largest absolute Gasteiger partial charge is 0.345 e. The van der Waals surface area contributed by atoms with E-state index in [0.29, 0.717) is 16.3 Å². The van der Waals surface area contributed by atoms with Crippen LogP contribution in [-0.2, 0) is 10.0 Å². The highest BCUT2D eigenvalue weighted by Gasteiger charge is 2.22. The van der Waals surface area contributed by atoms with E-state index in [9.17, 15) is 13.2 Å². The Bertz CT molecular complexity index is 817. The van der Waals surface area contributed by atoms with Crippen molar-refractivity contribution >= 4 is 33.2 Å². The van der Waals surface area contributed by atoms with E-state index in [1.807, 2.05) is 0 Å². The molecule has 0 bridgehead atoms. The zero-order valence-electron chi connectivity index (χ0n) is 13.0. The molecule has 2 rings (SSSR count). The van der Waals surface area contributed by atoms with Gasteiger partial charge in [0, 0.05) is 31.7 Å². The van der Waals surface area contributed by atoms with E-state index >= 15 is 0 Å². The SMILES string of the molecule is CN(C)C(=O)c1cccc(N(C)S(=O)(=O)c2ccc(Cl)cc2)c1. The normalized spacial score (nSPS) is 11.1. The standard InChI is InChI=1S/C16H17ClN2O3S/c1-18(2)16(20)12-5-4-6-14(11-12)19(3)23(21,22)15-9-7-13(17)8-10-15/h4-11H,1-3H3. The quantitative estimate of drug-likeness (QED) is 0.850. The molecule has 5 nitrogen and oxygen atoms in total. The molecule has 0 atom stereocenters. The Morgan fingerprint density at radius 2 is 1.61 bits per heavy atom. The van der Waals surface area contributed by atoms with E-state index in [-0.39, 0.29) is 10.8 Å². The average Bonchev–Trinajstić information content (AvgIpc) is 2.53. The van der Waals surface area contributed by atoms with Crippen LogP contribution in [0.4, 0.5) is 5.69 Å². The van der Waals surface area contributed by atoms with Gasteiger partial charge in [-0.25, -0.2) is 8.42 Å². The minimum Gasteiger partial charge on any atom is -0.345 e. The van der Waals surface area contributed by atoms with Crippen molar-refractivity contribution in [2.45, 2.75) is 4.90 Å². The minimum atomic E-state index is -3.72. The molecule has 0 heterocycles. The van der Waals surface area contributed by atoms with E-state index in [4.69, 9.17) is 11.6 Å².